The molecule has 0 bridgehead atoms. The minimum Gasteiger partial charge on any atom is -0.491 e. The lowest BCUT2D eigenvalue weighted by Gasteiger charge is -2.35. The minimum absolute atomic E-state index is 0.206. The van der Waals surface area contributed by atoms with Gasteiger partial charge in [0.05, 0.1) is 6.20 Å². The Kier molecular flexibility index (Phi) is 4.92. The van der Waals surface area contributed by atoms with Gasteiger partial charge in [-0.05, 0) is 31.5 Å². The van der Waals surface area contributed by atoms with E-state index in [-0.39, 0.29) is 5.56 Å². The van der Waals surface area contributed by atoms with Gasteiger partial charge in [0.1, 0.15) is 17.9 Å². The summed E-state index contributed by atoms with van der Waals surface area (Å²) >= 11 is 0. The fraction of sp³-hybridized carbons (Fsp3) is 0.412. The van der Waals surface area contributed by atoms with Gasteiger partial charge in [-0.2, -0.15) is 5.10 Å². The molecule has 1 unspecified atom stereocenters. The number of hydrogen-bond acceptors (Lipinski definition) is 4. The topological polar surface area (TPSA) is 78.5 Å². The molecular formula is C17H21N3O3. The Morgan fingerprint density at radius 1 is 1.39 bits per heavy atom. The quantitative estimate of drug-likeness (QED) is 0.857. The summed E-state index contributed by atoms with van der Waals surface area (Å²) in [5.74, 6) is -0.535. The van der Waals surface area contributed by atoms with Crippen molar-refractivity contribution in [1.29, 1.82) is 0 Å². The molecule has 2 aromatic rings. The Hall–Kier alpha value is -2.34. The lowest BCUT2D eigenvalue weighted by atomic mass is 9.98. The Bertz CT molecular complexity index is 642. The van der Waals surface area contributed by atoms with Crippen LogP contribution >= 0.6 is 0 Å². The highest BCUT2D eigenvalue weighted by atomic mass is 16.5. The molecule has 2 N–H and O–H groups in total. The first-order valence-corrected chi connectivity index (χ1v) is 7.93. The van der Waals surface area contributed by atoms with Crippen molar-refractivity contribution in [3.63, 3.8) is 0 Å². The third kappa shape index (κ3) is 3.71. The predicted octanol–water partition coefficient (Wildman–Crippen LogP) is 2.71. The zero-order valence-corrected chi connectivity index (χ0v) is 12.9. The van der Waals surface area contributed by atoms with E-state index in [1.807, 2.05) is 12.4 Å². The fourth-order valence-corrected chi connectivity index (χ4v) is 3.12. The number of para-hydroxylation sites is 1. The molecule has 0 aliphatic carbocycles. The number of rotatable bonds is 6. The lowest BCUT2D eigenvalue weighted by Crippen LogP contribution is -2.36. The van der Waals surface area contributed by atoms with Crippen molar-refractivity contribution in [2.24, 2.45) is 0 Å². The van der Waals surface area contributed by atoms with E-state index in [9.17, 15) is 9.90 Å². The molecule has 1 fully saturated rings. The van der Waals surface area contributed by atoms with Crippen LogP contribution < -0.4 is 4.74 Å². The number of carboxylic acids is 1. The van der Waals surface area contributed by atoms with E-state index >= 15 is 0 Å². The molecule has 0 spiro atoms. The van der Waals surface area contributed by atoms with E-state index in [0.29, 0.717) is 18.4 Å². The van der Waals surface area contributed by atoms with E-state index < -0.39 is 5.97 Å². The number of piperidine rings is 1. The van der Waals surface area contributed by atoms with Crippen molar-refractivity contribution in [1.82, 2.24) is 15.1 Å². The lowest BCUT2D eigenvalue weighted by molar-refractivity contribution is 0.0690. The van der Waals surface area contributed by atoms with E-state index in [0.717, 1.165) is 19.5 Å². The van der Waals surface area contributed by atoms with Crippen LogP contribution in [0.1, 0.15) is 41.2 Å². The largest absolute Gasteiger partial charge is 0.491 e. The molecule has 122 valence electrons. The molecule has 0 amide bonds. The number of ether oxygens (including phenoxy) is 1. The summed E-state index contributed by atoms with van der Waals surface area (Å²) < 4.78 is 5.72. The third-order valence-corrected chi connectivity index (χ3v) is 4.27. The summed E-state index contributed by atoms with van der Waals surface area (Å²) in [6.07, 6.45) is 7.34. The van der Waals surface area contributed by atoms with Crippen molar-refractivity contribution in [3.05, 3.63) is 47.8 Å². The van der Waals surface area contributed by atoms with Gasteiger partial charge in [0.25, 0.3) is 0 Å². The molecule has 0 saturated carbocycles. The van der Waals surface area contributed by atoms with Crippen LogP contribution in [0.25, 0.3) is 0 Å². The molecular weight excluding hydrogens is 294 g/mol. The van der Waals surface area contributed by atoms with E-state index in [4.69, 9.17) is 4.74 Å². The van der Waals surface area contributed by atoms with Crippen molar-refractivity contribution < 1.29 is 14.6 Å². The zero-order chi connectivity index (χ0) is 16.1. The van der Waals surface area contributed by atoms with Gasteiger partial charge in [-0.25, -0.2) is 4.79 Å². The average molecular weight is 315 g/mol. The molecule has 1 aromatic carbocycles. The second-order valence-corrected chi connectivity index (χ2v) is 5.73. The highest BCUT2D eigenvalue weighted by Crippen LogP contribution is 2.30. The van der Waals surface area contributed by atoms with Gasteiger partial charge in [0.2, 0.25) is 0 Å². The SMILES string of the molecule is O=C(O)c1ccccc1OCCN1CCCCC1c1cn[nH]c1. The number of nitrogens with zero attached hydrogens (tertiary/aromatic N) is 2. The van der Waals surface area contributed by atoms with Gasteiger partial charge in [0, 0.05) is 24.3 Å². The standard InChI is InChI=1S/C17H21N3O3/c21-17(22)14-5-1-2-7-16(14)23-10-9-20-8-4-3-6-15(20)13-11-18-19-12-13/h1-2,5,7,11-12,15H,3-4,6,8-10H2,(H,18,19)(H,21,22). The maximum atomic E-state index is 11.2. The first-order chi connectivity index (χ1) is 11.3. The monoisotopic (exact) mass is 315 g/mol. The minimum atomic E-state index is -0.963. The second kappa shape index (κ2) is 7.28. The molecule has 2 heterocycles. The molecule has 6 heteroatoms. The van der Waals surface area contributed by atoms with Crippen LogP contribution in [0.4, 0.5) is 0 Å². The van der Waals surface area contributed by atoms with Gasteiger partial charge in [0.15, 0.2) is 0 Å². The normalized spacial score (nSPS) is 18.7. The van der Waals surface area contributed by atoms with E-state index in [2.05, 4.69) is 15.1 Å². The molecule has 1 aliphatic rings. The van der Waals surface area contributed by atoms with Crippen molar-refractivity contribution >= 4 is 5.97 Å². The van der Waals surface area contributed by atoms with Crippen LogP contribution in [0.5, 0.6) is 5.75 Å². The predicted molar refractivity (Wildman–Crippen MR) is 85.6 cm³/mol. The van der Waals surface area contributed by atoms with Crippen molar-refractivity contribution in [3.8, 4) is 5.75 Å². The first kappa shape index (κ1) is 15.6. The van der Waals surface area contributed by atoms with Gasteiger partial charge >= 0.3 is 5.97 Å². The summed E-state index contributed by atoms with van der Waals surface area (Å²) in [7, 11) is 0. The maximum Gasteiger partial charge on any atom is 0.339 e. The molecule has 1 aromatic heterocycles. The summed E-state index contributed by atoms with van der Waals surface area (Å²) in [6.45, 7) is 2.27. The fourth-order valence-electron chi connectivity index (χ4n) is 3.12. The van der Waals surface area contributed by atoms with Crippen LogP contribution in [0.15, 0.2) is 36.7 Å². The molecule has 3 rings (SSSR count). The van der Waals surface area contributed by atoms with Gasteiger partial charge in [-0.3, -0.25) is 10.00 Å². The molecule has 1 atom stereocenters. The van der Waals surface area contributed by atoms with Crippen LogP contribution in [0, 0.1) is 0 Å². The third-order valence-electron chi connectivity index (χ3n) is 4.27. The Morgan fingerprint density at radius 3 is 3.04 bits per heavy atom. The highest BCUT2D eigenvalue weighted by molar-refractivity contribution is 5.90. The Balaban J connectivity index is 1.60. The number of benzene rings is 1. The van der Waals surface area contributed by atoms with Crippen LogP contribution in [-0.4, -0.2) is 45.9 Å². The van der Waals surface area contributed by atoms with Gasteiger partial charge < -0.3 is 9.84 Å². The summed E-state index contributed by atoms with van der Waals surface area (Å²) in [6, 6.07) is 7.12. The summed E-state index contributed by atoms with van der Waals surface area (Å²) in [5.41, 5.74) is 1.41. The Labute approximate surface area is 135 Å². The average Bonchev–Trinajstić information content (AvgIpc) is 3.10. The molecule has 1 saturated heterocycles. The highest BCUT2D eigenvalue weighted by Gasteiger charge is 2.24. The number of aromatic nitrogens is 2. The summed E-state index contributed by atoms with van der Waals surface area (Å²) in [4.78, 5) is 13.6. The number of aromatic amines is 1. The number of H-pyrrole nitrogens is 1. The number of aromatic carboxylic acids is 1. The van der Waals surface area contributed by atoms with E-state index in [1.165, 1.54) is 18.4 Å². The zero-order valence-electron chi connectivity index (χ0n) is 12.9. The maximum absolute atomic E-state index is 11.2. The number of likely N-dealkylation sites (tertiary alicyclic amines) is 1. The molecule has 1 aliphatic heterocycles. The molecule has 23 heavy (non-hydrogen) atoms. The van der Waals surface area contributed by atoms with Crippen LogP contribution in [-0.2, 0) is 0 Å². The molecule has 0 radical (unpaired) electrons. The van der Waals surface area contributed by atoms with Crippen molar-refractivity contribution in [2.45, 2.75) is 25.3 Å². The smallest absolute Gasteiger partial charge is 0.339 e. The second-order valence-electron chi connectivity index (χ2n) is 5.73. The molecule has 6 nitrogen and oxygen atoms in total. The number of hydrogen-bond donors (Lipinski definition) is 2. The van der Waals surface area contributed by atoms with E-state index in [1.54, 1.807) is 24.3 Å². The Morgan fingerprint density at radius 2 is 2.26 bits per heavy atom. The van der Waals surface area contributed by atoms with Crippen molar-refractivity contribution in [2.75, 3.05) is 19.7 Å². The van der Waals surface area contributed by atoms with Crippen LogP contribution in [0.2, 0.25) is 0 Å². The first-order valence-electron chi connectivity index (χ1n) is 7.93. The number of carboxylic acid groups (broad SMARTS) is 1. The number of nitrogens with one attached hydrogen (secondary N) is 1. The number of carbonyl (C=O) groups is 1. The van der Waals surface area contributed by atoms with Crippen LogP contribution in [0.3, 0.4) is 0 Å². The van der Waals surface area contributed by atoms with Gasteiger partial charge in [-0.15, -0.1) is 0 Å². The summed E-state index contributed by atoms with van der Waals surface area (Å²) in [5, 5.41) is 16.1. The van der Waals surface area contributed by atoms with Gasteiger partial charge in [-0.1, -0.05) is 18.6 Å².